The first-order chi connectivity index (χ1) is 10.1. The maximum atomic E-state index is 12.1. The maximum absolute atomic E-state index is 12.1. The molecule has 5 heteroatoms. The van der Waals surface area contributed by atoms with E-state index in [1.807, 2.05) is 24.3 Å². The molecule has 112 valence electrons. The van der Waals surface area contributed by atoms with Gasteiger partial charge in [0, 0.05) is 18.2 Å². The molecule has 0 aromatic heterocycles. The van der Waals surface area contributed by atoms with Crippen LogP contribution in [0.15, 0.2) is 30.3 Å². The van der Waals surface area contributed by atoms with Gasteiger partial charge in [0.15, 0.2) is 0 Å². The fraction of sp³-hybridized carbons (Fsp3) is 0.375. The van der Waals surface area contributed by atoms with Gasteiger partial charge in [-0.05, 0) is 30.9 Å². The number of carboxylic acids is 1. The normalized spacial score (nSPS) is 14.1. The van der Waals surface area contributed by atoms with Gasteiger partial charge in [-0.2, -0.15) is 0 Å². The molecule has 5 nitrogen and oxygen atoms in total. The highest BCUT2D eigenvalue weighted by atomic mass is 16.5. The molecule has 1 amide bonds. The predicted molar refractivity (Wildman–Crippen MR) is 79.0 cm³/mol. The minimum absolute atomic E-state index is 0.258. The van der Waals surface area contributed by atoms with Crippen molar-refractivity contribution >= 4 is 18.0 Å². The monoisotopic (exact) mass is 289 g/mol. The molecule has 1 N–H and O–H groups in total. The quantitative estimate of drug-likeness (QED) is 0.780. The molecular weight excluding hydrogens is 270 g/mol. The molecule has 0 radical (unpaired) electrons. The molecule has 0 spiro atoms. The van der Waals surface area contributed by atoms with Gasteiger partial charge >= 0.3 is 5.97 Å². The van der Waals surface area contributed by atoms with E-state index in [1.54, 1.807) is 13.2 Å². The fourth-order valence-corrected chi connectivity index (χ4v) is 2.08. The third kappa shape index (κ3) is 4.63. The lowest BCUT2D eigenvalue weighted by molar-refractivity contribution is -0.142. The smallest absolute Gasteiger partial charge is 0.323 e. The van der Waals surface area contributed by atoms with E-state index >= 15 is 0 Å². The van der Waals surface area contributed by atoms with E-state index in [0.29, 0.717) is 18.2 Å². The Morgan fingerprint density at radius 1 is 1.38 bits per heavy atom. The van der Waals surface area contributed by atoms with Gasteiger partial charge < -0.3 is 14.7 Å². The van der Waals surface area contributed by atoms with Crippen LogP contribution in [0.5, 0.6) is 5.75 Å². The molecule has 1 aliphatic rings. The van der Waals surface area contributed by atoms with Crippen LogP contribution < -0.4 is 4.74 Å². The lowest BCUT2D eigenvalue weighted by Crippen LogP contribution is -2.36. The number of carbonyl (C=O) groups is 2. The standard InChI is InChI=1S/C16H19NO4/c1-21-14-5-3-2-4-13(14)8-9-15(18)17(11-16(19)20)10-12-6-7-12/h2-5,8-9,12H,6-7,10-11H2,1H3,(H,19,20)/b9-8+. The average molecular weight is 289 g/mol. The van der Waals surface area contributed by atoms with Crippen molar-refractivity contribution in [2.75, 3.05) is 20.2 Å². The molecule has 1 aromatic carbocycles. The number of hydrogen-bond acceptors (Lipinski definition) is 3. The van der Waals surface area contributed by atoms with Gasteiger partial charge in [0.05, 0.1) is 7.11 Å². The topological polar surface area (TPSA) is 66.8 Å². The molecular formula is C16H19NO4. The number of hydrogen-bond donors (Lipinski definition) is 1. The Balaban J connectivity index is 2.05. The lowest BCUT2D eigenvalue weighted by atomic mass is 10.2. The van der Waals surface area contributed by atoms with Crippen molar-refractivity contribution in [1.29, 1.82) is 0 Å². The van der Waals surface area contributed by atoms with Crippen molar-refractivity contribution in [1.82, 2.24) is 4.90 Å². The van der Waals surface area contributed by atoms with Crippen molar-refractivity contribution < 1.29 is 19.4 Å². The zero-order valence-corrected chi connectivity index (χ0v) is 12.0. The Hall–Kier alpha value is -2.30. The number of carbonyl (C=O) groups excluding carboxylic acids is 1. The summed E-state index contributed by atoms with van der Waals surface area (Å²) in [7, 11) is 1.57. The first-order valence-corrected chi connectivity index (χ1v) is 6.92. The highest BCUT2D eigenvalue weighted by Gasteiger charge is 2.27. The third-order valence-corrected chi connectivity index (χ3v) is 3.36. The van der Waals surface area contributed by atoms with Gasteiger partial charge in [-0.1, -0.05) is 18.2 Å². The second-order valence-electron chi connectivity index (χ2n) is 5.13. The summed E-state index contributed by atoms with van der Waals surface area (Å²) in [5.41, 5.74) is 0.787. The molecule has 0 bridgehead atoms. The van der Waals surface area contributed by atoms with Gasteiger partial charge in [-0.15, -0.1) is 0 Å². The second kappa shape index (κ2) is 6.92. The van der Waals surface area contributed by atoms with Crippen molar-refractivity contribution in [3.8, 4) is 5.75 Å². The van der Waals surface area contributed by atoms with Crippen LogP contribution in [0.25, 0.3) is 6.08 Å². The molecule has 0 heterocycles. The van der Waals surface area contributed by atoms with E-state index in [-0.39, 0.29) is 12.5 Å². The number of para-hydroxylation sites is 1. The zero-order chi connectivity index (χ0) is 15.2. The highest BCUT2D eigenvalue weighted by Crippen LogP contribution is 2.29. The summed E-state index contributed by atoms with van der Waals surface area (Å²) < 4.78 is 5.21. The van der Waals surface area contributed by atoms with Crippen LogP contribution in [0.4, 0.5) is 0 Å². The summed E-state index contributed by atoms with van der Waals surface area (Å²) in [5, 5.41) is 8.90. The zero-order valence-electron chi connectivity index (χ0n) is 12.0. The Labute approximate surface area is 123 Å². The Bertz CT molecular complexity index is 549. The molecule has 0 unspecified atom stereocenters. The Morgan fingerprint density at radius 2 is 2.10 bits per heavy atom. The molecule has 1 aromatic rings. The van der Waals surface area contributed by atoms with E-state index in [1.165, 1.54) is 11.0 Å². The van der Waals surface area contributed by atoms with Crippen LogP contribution in [0.1, 0.15) is 18.4 Å². The number of benzene rings is 1. The fourth-order valence-electron chi connectivity index (χ4n) is 2.08. The summed E-state index contributed by atoms with van der Waals surface area (Å²) >= 11 is 0. The summed E-state index contributed by atoms with van der Waals surface area (Å²) in [6.45, 7) is 0.257. The first-order valence-electron chi connectivity index (χ1n) is 6.92. The van der Waals surface area contributed by atoms with Crippen LogP contribution in [0.3, 0.4) is 0 Å². The summed E-state index contributed by atoms with van der Waals surface area (Å²) in [6, 6.07) is 7.35. The van der Waals surface area contributed by atoms with Gasteiger partial charge in [0.1, 0.15) is 12.3 Å². The average Bonchev–Trinajstić information content (AvgIpc) is 3.28. The van der Waals surface area contributed by atoms with E-state index in [4.69, 9.17) is 9.84 Å². The first kappa shape index (κ1) is 15.1. The summed E-state index contributed by atoms with van der Waals surface area (Å²) in [5.74, 6) is -0.147. The molecule has 0 atom stereocenters. The predicted octanol–water partition coefficient (Wildman–Crippen LogP) is 2.03. The third-order valence-electron chi connectivity index (χ3n) is 3.36. The number of nitrogens with zero attached hydrogens (tertiary/aromatic N) is 1. The van der Waals surface area contributed by atoms with Crippen molar-refractivity contribution in [3.63, 3.8) is 0 Å². The molecule has 2 rings (SSSR count). The van der Waals surface area contributed by atoms with Crippen LogP contribution in [0, 0.1) is 5.92 Å². The van der Waals surface area contributed by atoms with Crippen molar-refractivity contribution in [2.24, 2.45) is 5.92 Å². The van der Waals surface area contributed by atoms with E-state index in [0.717, 1.165) is 18.4 Å². The van der Waals surface area contributed by atoms with Crippen LogP contribution >= 0.6 is 0 Å². The molecule has 1 fully saturated rings. The number of ether oxygens (including phenoxy) is 1. The molecule has 0 saturated heterocycles. The number of carboxylic acid groups (broad SMARTS) is 1. The molecule has 1 aliphatic carbocycles. The van der Waals surface area contributed by atoms with Crippen molar-refractivity contribution in [3.05, 3.63) is 35.9 Å². The highest BCUT2D eigenvalue weighted by molar-refractivity contribution is 5.93. The van der Waals surface area contributed by atoms with Crippen LogP contribution in [-0.4, -0.2) is 42.1 Å². The summed E-state index contributed by atoms with van der Waals surface area (Å²) in [4.78, 5) is 24.4. The largest absolute Gasteiger partial charge is 0.496 e. The maximum Gasteiger partial charge on any atom is 0.323 e. The van der Waals surface area contributed by atoms with E-state index in [2.05, 4.69) is 0 Å². The van der Waals surface area contributed by atoms with Gasteiger partial charge in [0.25, 0.3) is 0 Å². The molecule has 21 heavy (non-hydrogen) atoms. The lowest BCUT2D eigenvalue weighted by Gasteiger charge is -2.18. The van der Waals surface area contributed by atoms with Gasteiger partial charge in [-0.3, -0.25) is 9.59 Å². The molecule has 1 saturated carbocycles. The number of rotatable bonds is 7. The molecule has 0 aliphatic heterocycles. The second-order valence-corrected chi connectivity index (χ2v) is 5.13. The van der Waals surface area contributed by atoms with Gasteiger partial charge in [-0.25, -0.2) is 0 Å². The Morgan fingerprint density at radius 3 is 2.71 bits per heavy atom. The van der Waals surface area contributed by atoms with Crippen LogP contribution in [0.2, 0.25) is 0 Å². The van der Waals surface area contributed by atoms with E-state index < -0.39 is 5.97 Å². The SMILES string of the molecule is COc1ccccc1/C=C/C(=O)N(CC(=O)O)CC1CC1. The number of methoxy groups -OCH3 is 1. The Kier molecular flexibility index (Phi) is 4.98. The van der Waals surface area contributed by atoms with Crippen LogP contribution in [-0.2, 0) is 9.59 Å². The summed E-state index contributed by atoms with van der Waals surface area (Å²) in [6.07, 6.45) is 5.20. The number of aliphatic carboxylic acids is 1. The number of amides is 1. The van der Waals surface area contributed by atoms with E-state index in [9.17, 15) is 9.59 Å². The van der Waals surface area contributed by atoms with Crippen molar-refractivity contribution in [2.45, 2.75) is 12.8 Å². The minimum atomic E-state index is -0.991. The van der Waals surface area contributed by atoms with Gasteiger partial charge in [0.2, 0.25) is 5.91 Å². The minimum Gasteiger partial charge on any atom is -0.496 e.